The molecule has 0 saturated carbocycles. The van der Waals surface area contributed by atoms with Gasteiger partial charge >= 0.3 is 0 Å². The summed E-state index contributed by atoms with van der Waals surface area (Å²) in [5.74, 6) is 0.588. The fourth-order valence-electron chi connectivity index (χ4n) is 2.80. The molecule has 5 N–H and O–H groups in total. The maximum absolute atomic E-state index is 4.76. The number of hydrazine groups is 3. The Morgan fingerprint density at radius 3 is 2.44 bits per heavy atom. The van der Waals surface area contributed by atoms with E-state index in [9.17, 15) is 0 Å². The lowest BCUT2D eigenvalue weighted by Gasteiger charge is -2.13. The Morgan fingerprint density at radius 2 is 1.70 bits per heavy atom. The third-order valence-electron chi connectivity index (χ3n) is 4.26. The van der Waals surface area contributed by atoms with Gasteiger partial charge < -0.3 is 5.32 Å². The normalized spacial score (nSPS) is 14.4. The van der Waals surface area contributed by atoms with Crippen LogP contribution < -0.4 is 27.2 Å². The smallest absolute Gasteiger partial charge is 0.223 e. The van der Waals surface area contributed by atoms with Crippen LogP contribution in [0.5, 0.6) is 0 Å². The van der Waals surface area contributed by atoms with Crippen LogP contribution in [0.1, 0.15) is 12.0 Å². The van der Waals surface area contributed by atoms with Crippen LogP contribution >= 0.6 is 0 Å². The summed E-state index contributed by atoms with van der Waals surface area (Å²) >= 11 is 0. The fourth-order valence-corrected chi connectivity index (χ4v) is 2.80. The van der Waals surface area contributed by atoms with E-state index in [1.165, 1.54) is 11.9 Å². The van der Waals surface area contributed by atoms with Gasteiger partial charge in [-0.3, -0.25) is 0 Å². The molecule has 0 aliphatic carbocycles. The second-order valence-corrected chi connectivity index (χ2v) is 6.26. The van der Waals surface area contributed by atoms with Gasteiger partial charge in [-0.05, 0) is 13.3 Å². The molecular weight excluding hydrogens is 342 g/mol. The highest BCUT2D eigenvalue weighted by Gasteiger charge is 2.14. The maximum Gasteiger partial charge on any atom is 0.223 e. The van der Waals surface area contributed by atoms with E-state index in [2.05, 4.69) is 73.4 Å². The molecule has 0 radical (unpaired) electrons. The van der Waals surface area contributed by atoms with Crippen LogP contribution in [0.15, 0.2) is 49.2 Å². The summed E-state index contributed by atoms with van der Waals surface area (Å²) in [5.41, 5.74) is 16.6. The highest BCUT2D eigenvalue weighted by Crippen LogP contribution is 2.30. The molecule has 27 heavy (non-hydrogen) atoms. The van der Waals surface area contributed by atoms with Gasteiger partial charge in [0.05, 0.1) is 11.9 Å². The van der Waals surface area contributed by atoms with Gasteiger partial charge in [0.15, 0.2) is 0 Å². The Balaban J connectivity index is 1.60. The van der Waals surface area contributed by atoms with Crippen LogP contribution in [0.4, 0.5) is 5.95 Å². The standard InChI is InChI=1S/C18H21N9/c1-12-2-4-13(5-3-12)17-15(14-8-19-11-20-9-14)10-22-18(23-17)21-7-6-16-24-26-27-25-16/h2-5,8-11,16,24-27H,6-7H2,1H3,(H,21,22,23). The SMILES string of the molecule is Cc1ccc(-c2nc(NCCC3NNNN3)ncc2-c2cncnc2)cc1. The summed E-state index contributed by atoms with van der Waals surface area (Å²) in [6.07, 6.45) is 7.85. The van der Waals surface area contributed by atoms with Crippen LogP contribution in [0.25, 0.3) is 22.4 Å². The highest BCUT2D eigenvalue weighted by atomic mass is 15.8. The van der Waals surface area contributed by atoms with Crippen molar-refractivity contribution in [3.63, 3.8) is 0 Å². The number of nitrogens with one attached hydrogen (secondary N) is 5. The van der Waals surface area contributed by atoms with Crippen molar-refractivity contribution in [3.05, 3.63) is 54.7 Å². The summed E-state index contributed by atoms with van der Waals surface area (Å²) in [7, 11) is 0. The molecule has 0 bridgehead atoms. The zero-order valence-electron chi connectivity index (χ0n) is 14.9. The average molecular weight is 363 g/mol. The minimum absolute atomic E-state index is 0.134. The number of hydrogen-bond acceptors (Lipinski definition) is 9. The summed E-state index contributed by atoms with van der Waals surface area (Å²) in [6, 6.07) is 8.29. The molecule has 0 atom stereocenters. The largest absolute Gasteiger partial charge is 0.354 e. The van der Waals surface area contributed by atoms with Crippen molar-refractivity contribution >= 4 is 5.95 Å². The molecule has 3 heterocycles. The van der Waals surface area contributed by atoms with Crippen molar-refractivity contribution in [2.75, 3.05) is 11.9 Å². The number of anilines is 1. The van der Waals surface area contributed by atoms with E-state index in [0.29, 0.717) is 5.95 Å². The number of rotatable bonds is 6. The Hall–Kier alpha value is -2.98. The van der Waals surface area contributed by atoms with Gasteiger partial charge in [0.25, 0.3) is 0 Å². The molecule has 9 heteroatoms. The summed E-state index contributed by atoms with van der Waals surface area (Å²) < 4.78 is 0. The van der Waals surface area contributed by atoms with Gasteiger partial charge in [0.2, 0.25) is 5.95 Å². The van der Waals surface area contributed by atoms with Crippen LogP contribution in [-0.4, -0.2) is 32.6 Å². The topological polar surface area (TPSA) is 112 Å². The second-order valence-electron chi connectivity index (χ2n) is 6.26. The number of benzene rings is 1. The molecule has 0 amide bonds. The Morgan fingerprint density at radius 1 is 0.963 bits per heavy atom. The first kappa shape index (κ1) is 17.4. The first-order valence-electron chi connectivity index (χ1n) is 8.74. The van der Waals surface area contributed by atoms with E-state index in [4.69, 9.17) is 4.98 Å². The summed E-state index contributed by atoms with van der Waals surface area (Å²) in [4.78, 5) is 17.5. The molecule has 3 aromatic rings. The van der Waals surface area contributed by atoms with Crippen molar-refractivity contribution < 1.29 is 0 Å². The average Bonchev–Trinajstić information content (AvgIpc) is 3.23. The number of aryl methyl sites for hydroxylation is 1. The molecule has 9 nitrogen and oxygen atoms in total. The zero-order chi connectivity index (χ0) is 18.5. The maximum atomic E-state index is 4.76. The van der Waals surface area contributed by atoms with Crippen LogP contribution in [0.2, 0.25) is 0 Å². The van der Waals surface area contributed by atoms with E-state index >= 15 is 0 Å². The lowest BCUT2D eigenvalue weighted by atomic mass is 10.0. The minimum Gasteiger partial charge on any atom is -0.354 e. The van der Waals surface area contributed by atoms with Gasteiger partial charge in [0, 0.05) is 41.8 Å². The summed E-state index contributed by atoms with van der Waals surface area (Å²) in [6.45, 7) is 2.78. The van der Waals surface area contributed by atoms with Crippen molar-refractivity contribution in [1.82, 2.24) is 41.9 Å². The van der Waals surface area contributed by atoms with Gasteiger partial charge in [0.1, 0.15) is 6.33 Å². The molecule has 1 fully saturated rings. The quantitative estimate of drug-likeness (QED) is 0.440. The van der Waals surface area contributed by atoms with Crippen molar-refractivity contribution in [2.24, 2.45) is 0 Å². The monoisotopic (exact) mass is 363 g/mol. The number of hydrogen-bond donors (Lipinski definition) is 5. The predicted molar refractivity (Wildman–Crippen MR) is 103 cm³/mol. The van der Waals surface area contributed by atoms with E-state index in [1.807, 2.05) is 6.20 Å². The molecule has 0 unspecified atom stereocenters. The molecule has 4 rings (SSSR count). The Labute approximate surface area is 157 Å². The first-order valence-corrected chi connectivity index (χ1v) is 8.74. The molecule has 2 aromatic heterocycles. The second kappa shape index (κ2) is 8.14. The molecular formula is C18H21N9. The molecule has 1 aliphatic rings. The minimum atomic E-state index is 0.134. The van der Waals surface area contributed by atoms with E-state index in [-0.39, 0.29) is 6.17 Å². The van der Waals surface area contributed by atoms with Gasteiger partial charge in [-0.15, -0.1) is 0 Å². The van der Waals surface area contributed by atoms with Gasteiger partial charge in [-0.2, -0.15) is 11.1 Å². The number of aromatic nitrogens is 4. The fraction of sp³-hybridized carbons (Fsp3) is 0.222. The molecule has 1 aromatic carbocycles. The van der Waals surface area contributed by atoms with Gasteiger partial charge in [-0.25, -0.2) is 30.8 Å². The summed E-state index contributed by atoms with van der Waals surface area (Å²) in [5, 5.41) is 3.28. The highest BCUT2D eigenvalue weighted by molar-refractivity contribution is 5.80. The molecule has 1 saturated heterocycles. The van der Waals surface area contributed by atoms with Crippen LogP contribution in [0.3, 0.4) is 0 Å². The number of nitrogens with zero attached hydrogens (tertiary/aromatic N) is 4. The van der Waals surface area contributed by atoms with Crippen LogP contribution in [-0.2, 0) is 0 Å². The van der Waals surface area contributed by atoms with Crippen molar-refractivity contribution in [2.45, 2.75) is 19.5 Å². The Bertz CT molecular complexity index is 877. The predicted octanol–water partition coefficient (Wildman–Crippen LogP) is 1.15. The van der Waals surface area contributed by atoms with Crippen molar-refractivity contribution in [3.8, 4) is 22.4 Å². The van der Waals surface area contributed by atoms with E-state index in [1.54, 1.807) is 12.4 Å². The molecule has 138 valence electrons. The molecule has 1 aliphatic heterocycles. The Kier molecular flexibility index (Phi) is 5.26. The van der Waals surface area contributed by atoms with Crippen molar-refractivity contribution in [1.29, 1.82) is 0 Å². The van der Waals surface area contributed by atoms with Gasteiger partial charge in [-0.1, -0.05) is 29.8 Å². The third-order valence-corrected chi connectivity index (χ3v) is 4.26. The lowest BCUT2D eigenvalue weighted by Crippen LogP contribution is -2.35. The van der Waals surface area contributed by atoms with E-state index in [0.717, 1.165) is 35.3 Å². The van der Waals surface area contributed by atoms with Crippen LogP contribution in [0, 0.1) is 6.92 Å². The third kappa shape index (κ3) is 4.23. The van der Waals surface area contributed by atoms with E-state index < -0.39 is 0 Å². The molecule has 0 spiro atoms. The lowest BCUT2D eigenvalue weighted by molar-refractivity contribution is 0.500. The first-order chi connectivity index (χ1) is 13.3. The zero-order valence-corrected chi connectivity index (χ0v) is 14.9.